The molecule has 3 rings (SSSR count). The smallest absolute Gasteiger partial charge is 0.306 e. The van der Waals surface area contributed by atoms with E-state index in [1.165, 1.54) is 11.1 Å². The Morgan fingerprint density at radius 3 is 2.62 bits per heavy atom. The summed E-state index contributed by atoms with van der Waals surface area (Å²) in [6, 6.07) is 11.5. The molecule has 29 heavy (non-hydrogen) atoms. The van der Waals surface area contributed by atoms with Crippen LogP contribution in [0.5, 0.6) is 11.5 Å². The maximum absolute atomic E-state index is 12.4. The average Bonchev–Trinajstić information content (AvgIpc) is 3.19. The van der Waals surface area contributed by atoms with Crippen molar-refractivity contribution >= 4 is 17.6 Å². The van der Waals surface area contributed by atoms with Gasteiger partial charge in [0.2, 0.25) is 0 Å². The molecule has 1 aliphatic rings. The third-order valence-corrected chi connectivity index (χ3v) is 5.13. The second kappa shape index (κ2) is 9.45. The minimum Gasteiger partial charge on any atom is -0.493 e. The van der Waals surface area contributed by atoms with Gasteiger partial charge in [0, 0.05) is 12.1 Å². The summed E-state index contributed by atoms with van der Waals surface area (Å²) in [7, 11) is 3.13. The summed E-state index contributed by atoms with van der Waals surface area (Å²) >= 11 is 0. The van der Waals surface area contributed by atoms with Gasteiger partial charge in [0.1, 0.15) is 0 Å². The van der Waals surface area contributed by atoms with Crippen LogP contribution in [-0.4, -0.2) is 32.2 Å². The molecule has 0 saturated heterocycles. The molecular weight excluding hydrogens is 370 g/mol. The molecule has 2 aromatic rings. The maximum Gasteiger partial charge on any atom is 0.306 e. The lowest BCUT2D eigenvalue weighted by molar-refractivity contribution is -0.153. The van der Waals surface area contributed by atoms with E-state index in [2.05, 4.69) is 11.4 Å². The molecule has 154 valence electrons. The van der Waals surface area contributed by atoms with Crippen molar-refractivity contribution < 1.29 is 23.8 Å². The largest absolute Gasteiger partial charge is 0.493 e. The molecule has 0 aromatic heterocycles. The molecule has 0 radical (unpaired) electrons. The number of hydrogen-bond acceptors (Lipinski definition) is 5. The van der Waals surface area contributed by atoms with Gasteiger partial charge >= 0.3 is 5.97 Å². The van der Waals surface area contributed by atoms with Gasteiger partial charge in [0.15, 0.2) is 17.6 Å². The zero-order valence-electron chi connectivity index (χ0n) is 17.1. The Kier molecular flexibility index (Phi) is 6.75. The highest BCUT2D eigenvalue weighted by atomic mass is 16.5. The first kappa shape index (κ1) is 20.7. The third-order valence-electron chi connectivity index (χ3n) is 5.13. The van der Waals surface area contributed by atoms with E-state index < -0.39 is 12.1 Å². The van der Waals surface area contributed by atoms with Crippen molar-refractivity contribution in [1.29, 1.82) is 0 Å². The molecule has 0 fully saturated rings. The number of carbonyl (C=O) groups excluding carboxylic acids is 2. The molecule has 0 heterocycles. The molecule has 0 aliphatic heterocycles. The molecule has 0 saturated carbocycles. The van der Waals surface area contributed by atoms with Gasteiger partial charge < -0.3 is 19.5 Å². The van der Waals surface area contributed by atoms with Crippen molar-refractivity contribution in [3.8, 4) is 11.5 Å². The van der Waals surface area contributed by atoms with Crippen LogP contribution in [0.1, 0.15) is 36.5 Å². The minimum absolute atomic E-state index is 0.139. The van der Waals surface area contributed by atoms with Crippen LogP contribution >= 0.6 is 0 Å². The number of ether oxygens (including phenoxy) is 3. The van der Waals surface area contributed by atoms with E-state index in [0.717, 1.165) is 30.5 Å². The van der Waals surface area contributed by atoms with Gasteiger partial charge in [0.05, 0.1) is 14.2 Å². The van der Waals surface area contributed by atoms with Crippen LogP contribution in [0.3, 0.4) is 0 Å². The third kappa shape index (κ3) is 5.08. The number of esters is 1. The van der Waals surface area contributed by atoms with E-state index in [1.807, 2.05) is 24.3 Å². The molecule has 1 N–H and O–H groups in total. The minimum atomic E-state index is -0.872. The number of nitrogens with one attached hydrogen (secondary N) is 1. The fourth-order valence-electron chi connectivity index (χ4n) is 3.59. The summed E-state index contributed by atoms with van der Waals surface area (Å²) in [6.45, 7) is 1.58. The van der Waals surface area contributed by atoms with Crippen LogP contribution in [0.2, 0.25) is 0 Å². The first-order valence-electron chi connectivity index (χ1n) is 9.84. The Hall–Kier alpha value is -3.02. The van der Waals surface area contributed by atoms with Crippen LogP contribution in [0.15, 0.2) is 36.4 Å². The summed E-state index contributed by atoms with van der Waals surface area (Å²) in [6.07, 6.45) is 2.98. The molecule has 0 unspecified atom stereocenters. The summed E-state index contributed by atoms with van der Waals surface area (Å²) in [4.78, 5) is 24.6. The second-order valence-electron chi connectivity index (χ2n) is 7.11. The van der Waals surface area contributed by atoms with Crippen LogP contribution in [-0.2, 0) is 33.6 Å². The Labute approximate surface area is 171 Å². The maximum atomic E-state index is 12.4. The van der Waals surface area contributed by atoms with E-state index >= 15 is 0 Å². The molecule has 6 heteroatoms. The number of para-hydroxylation sites is 1. The Balaban J connectivity index is 1.52. The van der Waals surface area contributed by atoms with Crippen LogP contribution < -0.4 is 14.8 Å². The average molecular weight is 397 g/mol. The standard InChI is InChI=1S/C23H27NO5/c1-15(23(26)24-19-12-10-16-6-4-8-18(16)14-19)29-21(25)13-11-17-7-5-9-20(27-2)22(17)28-3/h5,7,9-10,12,14-15H,4,6,8,11,13H2,1-3H3,(H,24,26)/t15-/m0/s1. The van der Waals surface area contributed by atoms with E-state index in [4.69, 9.17) is 14.2 Å². The first-order chi connectivity index (χ1) is 14.0. The number of carbonyl (C=O) groups is 2. The van der Waals surface area contributed by atoms with Gasteiger partial charge in [-0.05, 0) is 67.5 Å². The number of methoxy groups -OCH3 is 2. The van der Waals surface area contributed by atoms with E-state index in [1.54, 1.807) is 27.2 Å². The highest BCUT2D eigenvalue weighted by molar-refractivity contribution is 5.95. The number of benzene rings is 2. The lowest BCUT2D eigenvalue weighted by Crippen LogP contribution is -2.30. The molecule has 1 aliphatic carbocycles. The van der Waals surface area contributed by atoms with E-state index in [0.29, 0.717) is 17.9 Å². The van der Waals surface area contributed by atoms with Crippen molar-refractivity contribution in [3.63, 3.8) is 0 Å². The Morgan fingerprint density at radius 2 is 1.86 bits per heavy atom. The summed E-state index contributed by atoms with van der Waals surface area (Å²) in [5.41, 5.74) is 4.20. The fourth-order valence-corrected chi connectivity index (χ4v) is 3.59. The van der Waals surface area contributed by atoms with Crippen molar-refractivity contribution in [2.24, 2.45) is 0 Å². The number of hydrogen-bond donors (Lipinski definition) is 1. The van der Waals surface area contributed by atoms with Crippen molar-refractivity contribution in [1.82, 2.24) is 0 Å². The summed E-state index contributed by atoms with van der Waals surface area (Å²) in [5.74, 6) is 0.437. The first-order valence-corrected chi connectivity index (χ1v) is 9.84. The molecule has 0 bridgehead atoms. The topological polar surface area (TPSA) is 73.9 Å². The highest BCUT2D eigenvalue weighted by Gasteiger charge is 2.20. The van der Waals surface area contributed by atoms with Crippen molar-refractivity contribution in [2.45, 2.75) is 45.1 Å². The fraction of sp³-hybridized carbons (Fsp3) is 0.391. The monoisotopic (exact) mass is 397 g/mol. The van der Waals surface area contributed by atoms with Gasteiger partial charge in [-0.2, -0.15) is 0 Å². The van der Waals surface area contributed by atoms with Crippen LogP contribution in [0.4, 0.5) is 5.69 Å². The predicted molar refractivity (Wildman–Crippen MR) is 111 cm³/mol. The molecule has 2 aromatic carbocycles. The lowest BCUT2D eigenvalue weighted by atomic mass is 10.1. The van der Waals surface area contributed by atoms with Crippen molar-refractivity contribution in [3.05, 3.63) is 53.1 Å². The van der Waals surface area contributed by atoms with Crippen LogP contribution in [0, 0.1) is 0 Å². The van der Waals surface area contributed by atoms with Crippen molar-refractivity contribution in [2.75, 3.05) is 19.5 Å². The lowest BCUT2D eigenvalue weighted by Gasteiger charge is -2.15. The van der Waals surface area contributed by atoms with Gasteiger partial charge in [-0.1, -0.05) is 18.2 Å². The summed E-state index contributed by atoms with van der Waals surface area (Å²) in [5, 5.41) is 2.83. The summed E-state index contributed by atoms with van der Waals surface area (Å²) < 4.78 is 16.0. The van der Waals surface area contributed by atoms with E-state index in [9.17, 15) is 9.59 Å². The normalized spacial score (nSPS) is 13.3. The van der Waals surface area contributed by atoms with Gasteiger partial charge in [0.25, 0.3) is 5.91 Å². The Bertz CT molecular complexity index is 893. The number of amides is 1. The number of aryl methyl sites for hydroxylation is 3. The van der Waals surface area contributed by atoms with Gasteiger partial charge in [-0.25, -0.2) is 0 Å². The SMILES string of the molecule is COc1cccc(CCC(=O)O[C@@H](C)C(=O)Nc2ccc3c(c2)CCC3)c1OC. The zero-order chi connectivity index (χ0) is 20.8. The number of anilines is 1. The number of fused-ring (bicyclic) bond motifs is 1. The Morgan fingerprint density at radius 1 is 1.07 bits per heavy atom. The molecular formula is C23H27NO5. The molecule has 6 nitrogen and oxygen atoms in total. The molecule has 0 spiro atoms. The second-order valence-corrected chi connectivity index (χ2v) is 7.11. The quantitative estimate of drug-likeness (QED) is 0.688. The zero-order valence-corrected chi connectivity index (χ0v) is 17.1. The number of rotatable bonds is 8. The molecule has 1 atom stereocenters. The highest BCUT2D eigenvalue weighted by Crippen LogP contribution is 2.31. The van der Waals surface area contributed by atoms with Gasteiger partial charge in [-0.3, -0.25) is 9.59 Å². The van der Waals surface area contributed by atoms with E-state index in [-0.39, 0.29) is 12.3 Å². The predicted octanol–water partition coefficient (Wildman–Crippen LogP) is 3.70. The van der Waals surface area contributed by atoms with Crippen LogP contribution in [0.25, 0.3) is 0 Å². The molecule has 1 amide bonds. The van der Waals surface area contributed by atoms with Gasteiger partial charge in [-0.15, -0.1) is 0 Å².